The Kier molecular flexibility index (Phi) is 16.6. The number of fused-ring (bicyclic) bond motifs is 2. The van der Waals surface area contributed by atoms with Gasteiger partial charge in [-0.3, -0.25) is 19.2 Å². The van der Waals surface area contributed by atoms with E-state index >= 15 is 0 Å². The number of hydrazine groups is 1. The number of rotatable bonds is 16. The Bertz CT molecular complexity index is 2330. The van der Waals surface area contributed by atoms with Crippen LogP contribution >= 0.6 is 47.0 Å². The van der Waals surface area contributed by atoms with E-state index in [9.17, 15) is 29.2 Å². The van der Waals surface area contributed by atoms with Gasteiger partial charge in [-0.1, -0.05) is 163 Å². The molecule has 0 radical (unpaired) electrons. The Labute approximate surface area is 404 Å². The molecule has 66 heavy (non-hydrogen) atoms. The number of esters is 3. The molecule has 12 nitrogen and oxygen atoms in total. The van der Waals surface area contributed by atoms with Gasteiger partial charge in [0.2, 0.25) is 0 Å². The Balaban J connectivity index is 1.50. The molecule has 0 spiro atoms. The normalized spacial score (nSPS) is 16.2. The minimum atomic E-state index is -0.865. The van der Waals surface area contributed by atoms with Crippen LogP contribution in [0.4, 0.5) is 0 Å². The topological polar surface area (TPSA) is 153 Å². The second kappa shape index (κ2) is 21.5. The fourth-order valence-corrected chi connectivity index (χ4v) is 13.6. The molecule has 2 amide bonds. The zero-order valence-corrected chi connectivity index (χ0v) is 42.4. The van der Waals surface area contributed by atoms with Crippen molar-refractivity contribution in [2.45, 2.75) is 127 Å². The van der Waals surface area contributed by atoms with Crippen LogP contribution in [0.3, 0.4) is 0 Å². The fraction of sp³-hybridized carbons (Fsp3) is 0.440. The molecule has 3 aliphatic heterocycles. The lowest BCUT2D eigenvalue weighted by molar-refractivity contribution is -0.149. The summed E-state index contributed by atoms with van der Waals surface area (Å²) in [5.41, 5.74) is 1.20. The summed E-state index contributed by atoms with van der Waals surface area (Å²) in [6.45, 7) is 18.6. The zero-order chi connectivity index (χ0) is 48.1. The molecular formula is C50H57N3O9S4. The number of benzene rings is 3. The summed E-state index contributed by atoms with van der Waals surface area (Å²) < 4.78 is 24.0. The lowest BCUT2D eigenvalue weighted by Crippen LogP contribution is -2.39. The minimum Gasteiger partial charge on any atom is -0.456 e. The molecule has 3 aromatic rings. The minimum absolute atomic E-state index is 0.0416. The highest BCUT2D eigenvalue weighted by molar-refractivity contribution is 8.26. The summed E-state index contributed by atoms with van der Waals surface area (Å²) in [6.07, 6.45) is 1.01. The Morgan fingerprint density at radius 1 is 0.667 bits per heavy atom. The van der Waals surface area contributed by atoms with Crippen molar-refractivity contribution < 1.29 is 42.9 Å². The second-order valence-electron chi connectivity index (χ2n) is 19.3. The highest BCUT2D eigenvalue weighted by atomic mass is 32.2. The van der Waals surface area contributed by atoms with Crippen molar-refractivity contribution in [3.63, 3.8) is 0 Å². The lowest BCUT2D eigenvalue weighted by atomic mass is 9.84. The van der Waals surface area contributed by atoms with E-state index < -0.39 is 35.8 Å². The first-order chi connectivity index (χ1) is 31.2. The summed E-state index contributed by atoms with van der Waals surface area (Å²) >= 11 is 4.24. The predicted octanol–water partition coefficient (Wildman–Crippen LogP) is 11.3. The van der Waals surface area contributed by atoms with Crippen molar-refractivity contribution in [2.75, 3.05) is 13.7 Å². The molecule has 1 fully saturated rings. The number of nitriles is 1. The molecule has 350 valence electrons. The van der Waals surface area contributed by atoms with Crippen molar-refractivity contribution in [3.8, 4) is 17.6 Å². The molecule has 0 aromatic heterocycles. The lowest BCUT2D eigenvalue weighted by Gasteiger charge is -2.27. The van der Waals surface area contributed by atoms with Gasteiger partial charge in [0, 0.05) is 20.0 Å². The number of methoxy groups -OCH3 is 1. The summed E-state index contributed by atoms with van der Waals surface area (Å²) in [7, 11) is 1.48. The van der Waals surface area contributed by atoms with Gasteiger partial charge in [-0.05, 0) is 53.6 Å². The summed E-state index contributed by atoms with van der Waals surface area (Å²) in [5, 5.41) is 13.3. The van der Waals surface area contributed by atoms with E-state index in [0.717, 1.165) is 71.0 Å². The first kappa shape index (κ1) is 50.7. The van der Waals surface area contributed by atoms with Crippen LogP contribution < -0.4 is 9.47 Å². The molecule has 6 rings (SSSR count). The van der Waals surface area contributed by atoms with E-state index in [1.807, 2.05) is 80.6 Å². The Hall–Kier alpha value is -4.66. The highest BCUT2D eigenvalue weighted by Crippen LogP contribution is 2.69. The van der Waals surface area contributed by atoms with E-state index in [4.69, 9.17) is 18.9 Å². The smallest absolute Gasteiger partial charge is 0.350 e. The molecule has 3 atom stereocenters. The van der Waals surface area contributed by atoms with Gasteiger partial charge < -0.3 is 18.9 Å². The number of hydrogen-bond acceptors (Lipinski definition) is 14. The first-order valence-corrected chi connectivity index (χ1v) is 25.1. The molecule has 0 saturated carbocycles. The van der Waals surface area contributed by atoms with Crippen LogP contribution in [-0.4, -0.2) is 59.6 Å². The number of amides is 2. The molecule has 16 heteroatoms. The van der Waals surface area contributed by atoms with E-state index in [2.05, 4.69) is 41.5 Å². The largest absolute Gasteiger partial charge is 0.456 e. The van der Waals surface area contributed by atoms with Gasteiger partial charge >= 0.3 is 17.9 Å². The number of thioether (sulfide) groups is 4. The molecule has 1 saturated heterocycles. The van der Waals surface area contributed by atoms with Crippen LogP contribution in [0.2, 0.25) is 0 Å². The van der Waals surface area contributed by atoms with Gasteiger partial charge in [-0.15, -0.1) is 0 Å². The van der Waals surface area contributed by atoms with Crippen molar-refractivity contribution >= 4 is 76.8 Å². The Morgan fingerprint density at radius 3 is 1.45 bits per heavy atom. The molecule has 0 bridgehead atoms. The van der Waals surface area contributed by atoms with Gasteiger partial charge in [-0.25, -0.2) is 14.8 Å². The number of carbonyl (C=O) groups is 5. The molecule has 3 aromatic carbocycles. The molecule has 0 N–H and O–H groups in total. The SMILES string of the molecule is COCC(C)OC(=O)C(C#N)=C1Sc2c(OC(=O)CC(C)CC(C)(C)C)c3c(c(OC(=O)CC(C)CC(C)(C)C)c2S1)SC(=C1C(=O)N(Cc2ccccc2)N(Cc2ccccc2)C1=O)S3. The monoisotopic (exact) mass is 971 g/mol. The standard InChI is InChI=1S/C50H57N3O9S4/c1-29(23-49(4,5)6)21-35(54)61-38-40-41(64-47(63-40)34(25-51)46(58)60-31(3)28-59-10)39(62-36(55)22-30(2)24-50(7,8)9)43-42(38)65-48(66-43)37-44(56)52(26-32-17-13-11-14-18-32)53(45(37)57)27-33-19-15-12-16-20-33/h11-20,29-31H,21-24,26-28H2,1-10H3. The number of nitrogens with zero attached hydrogens (tertiary/aromatic N) is 3. The maximum absolute atomic E-state index is 14.7. The van der Waals surface area contributed by atoms with Crippen LogP contribution in [0.5, 0.6) is 11.5 Å². The third-order valence-corrected chi connectivity index (χ3v) is 15.6. The maximum atomic E-state index is 14.7. The zero-order valence-electron chi connectivity index (χ0n) is 39.1. The first-order valence-electron chi connectivity index (χ1n) is 21.8. The van der Waals surface area contributed by atoms with Gasteiger partial charge in [0.05, 0.1) is 47.8 Å². The summed E-state index contributed by atoms with van der Waals surface area (Å²) in [5.74, 6) is -2.76. The maximum Gasteiger partial charge on any atom is 0.350 e. The number of carbonyl (C=O) groups excluding carboxylic acids is 5. The van der Waals surface area contributed by atoms with E-state index in [1.165, 1.54) is 17.1 Å². The predicted molar refractivity (Wildman–Crippen MR) is 258 cm³/mol. The molecule has 3 unspecified atom stereocenters. The highest BCUT2D eigenvalue weighted by Gasteiger charge is 2.47. The summed E-state index contributed by atoms with van der Waals surface area (Å²) in [6, 6.07) is 20.8. The van der Waals surface area contributed by atoms with Crippen molar-refractivity contribution in [1.82, 2.24) is 10.0 Å². The third-order valence-electron chi connectivity index (χ3n) is 10.4. The van der Waals surface area contributed by atoms with Gasteiger partial charge in [0.1, 0.15) is 17.7 Å². The average molecular weight is 972 g/mol. The molecular weight excluding hydrogens is 915 g/mol. The second-order valence-corrected chi connectivity index (χ2v) is 23.9. The van der Waals surface area contributed by atoms with Crippen molar-refractivity contribution in [1.29, 1.82) is 5.26 Å². The quantitative estimate of drug-likeness (QED) is 0.0440. The van der Waals surface area contributed by atoms with E-state index in [1.54, 1.807) is 6.92 Å². The van der Waals surface area contributed by atoms with E-state index in [-0.39, 0.29) is 82.1 Å². The van der Waals surface area contributed by atoms with Crippen LogP contribution in [-0.2, 0) is 46.5 Å². The Morgan fingerprint density at radius 2 is 1.08 bits per heavy atom. The van der Waals surface area contributed by atoms with E-state index in [0.29, 0.717) is 23.8 Å². The molecule has 3 aliphatic rings. The van der Waals surface area contributed by atoms with Gasteiger partial charge in [-0.2, -0.15) is 5.26 Å². The molecule has 0 aliphatic carbocycles. The van der Waals surface area contributed by atoms with Gasteiger partial charge in [0.25, 0.3) is 11.8 Å². The third kappa shape index (κ3) is 12.7. The number of hydrogen-bond donors (Lipinski definition) is 0. The van der Waals surface area contributed by atoms with Crippen LogP contribution in [0.25, 0.3) is 0 Å². The number of ether oxygens (including phenoxy) is 4. The molecule has 3 heterocycles. The summed E-state index contributed by atoms with van der Waals surface area (Å²) in [4.78, 5) is 72.4. The van der Waals surface area contributed by atoms with Crippen LogP contribution in [0, 0.1) is 34.0 Å². The van der Waals surface area contributed by atoms with Crippen LogP contribution in [0.15, 0.2) is 99.9 Å². The van der Waals surface area contributed by atoms with Gasteiger partial charge in [0.15, 0.2) is 17.1 Å². The fourth-order valence-electron chi connectivity index (χ4n) is 8.16. The van der Waals surface area contributed by atoms with Crippen LogP contribution in [0.1, 0.15) is 99.1 Å². The average Bonchev–Trinajstić information content (AvgIpc) is 3.91. The van der Waals surface area contributed by atoms with Crippen molar-refractivity contribution in [3.05, 3.63) is 91.4 Å². The van der Waals surface area contributed by atoms with Crippen molar-refractivity contribution in [2.24, 2.45) is 22.7 Å².